The Bertz CT molecular complexity index is 600. The lowest BCUT2D eigenvalue weighted by molar-refractivity contribution is 0.0996. The zero-order valence-electron chi connectivity index (χ0n) is 9.28. The fourth-order valence-electron chi connectivity index (χ4n) is 1.46. The maximum atomic E-state index is 13.8. The quantitative estimate of drug-likeness (QED) is 0.725. The first kappa shape index (κ1) is 13.7. The lowest BCUT2D eigenvalue weighted by Gasteiger charge is -2.17. The summed E-state index contributed by atoms with van der Waals surface area (Å²) in [6.07, 6.45) is 0. The van der Waals surface area contributed by atoms with Gasteiger partial charge in [0.2, 0.25) is 0 Å². The summed E-state index contributed by atoms with van der Waals surface area (Å²) in [4.78, 5) is 14.0. The van der Waals surface area contributed by atoms with E-state index in [2.05, 4.69) is 31.9 Å². The van der Waals surface area contributed by atoms with Crippen LogP contribution in [0.4, 0.5) is 10.1 Å². The molecule has 0 aliphatic rings. The van der Waals surface area contributed by atoms with E-state index in [0.717, 1.165) is 3.79 Å². The molecule has 2 nitrogen and oxygen atoms in total. The monoisotopic (exact) mass is 391 g/mol. The lowest BCUT2D eigenvalue weighted by Crippen LogP contribution is -2.26. The van der Waals surface area contributed by atoms with Crippen molar-refractivity contribution < 1.29 is 9.18 Å². The number of carbonyl (C=O) groups excluding carboxylic acids is 1. The van der Waals surface area contributed by atoms with Crippen LogP contribution in [0.15, 0.2) is 38.6 Å². The highest BCUT2D eigenvalue weighted by Crippen LogP contribution is 2.27. The third-order valence-corrected chi connectivity index (χ3v) is 4.46. The van der Waals surface area contributed by atoms with Crippen molar-refractivity contribution in [3.63, 3.8) is 0 Å². The topological polar surface area (TPSA) is 20.3 Å². The number of hydrogen-bond acceptors (Lipinski definition) is 2. The highest BCUT2D eigenvalue weighted by Gasteiger charge is 2.18. The number of halogens is 3. The van der Waals surface area contributed by atoms with E-state index < -0.39 is 5.82 Å². The third-order valence-electron chi connectivity index (χ3n) is 2.36. The molecule has 0 fully saturated rings. The van der Waals surface area contributed by atoms with Crippen LogP contribution in [0, 0.1) is 5.82 Å². The molecule has 0 bridgehead atoms. The Morgan fingerprint density at radius 1 is 1.28 bits per heavy atom. The second kappa shape index (κ2) is 5.50. The van der Waals surface area contributed by atoms with Gasteiger partial charge in [-0.25, -0.2) is 4.39 Å². The number of nitrogens with zero attached hydrogens (tertiary/aromatic N) is 1. The smallest absolute Gasteiger partial charge is 0.268 e. The van der Waals surface area contributed by atoms with Crippen molar-refractivity contribution >= 4 is 54.8 Å². The van der Waals surface area contributed by atoms with Gasteiger partial charge in [-0.15, -0.1) is 11.3 Å². The summed E-state index contributed by atoms with van der Waals surface area (Å²) < 4.78 is 15.3. The van der Waals surface area contributed by atoms with E-state index in [0.29, 0.717) is 9.35 Å². The predicted molar refractivity (Wildman–Crippen MR) is 78.9 cm³/mol. The zero-order chi connectivity index (χ0) is 13.3. The molecule has 1 heterocycles. The molecule has 2 rings (SSSR count). The van der Waals surface area contributed by atoms with Gasteiger partial charge >= 0.3 is 0 Å². The lowest BCUT2D eigenvalue weighted by atomic mass is 10.2. The van der Waals surface area contributed by atoms with Gasteiger partial charge in [-0.2, -0.15) is 0 Å². The van der Waals surface area contributed by atoms with Gasteiger partial charge in [0.25, 0.3) is 5.91 Å². The number of amides is 1. The van der Waals surface area contributed by atoms with Crippen LogP contribution in [0.2, 0.25) is 0 Å². The van der Waals surface area contributed by atoms with E-state index in [1.165, 1.54) is 22.3 Å². The molecule has 0 aliphatic carbocycles. The van der Waals surface area contributed by atoms with Gasteiger partial charge in [-0.3, -0.25) is 4.79 Å². The van der Waals surface area contributed by atoms with Crippen LogP contribution >= 0.6 is 43.2 Å². The minimum absolute atomic E-state index is 0.230. The van der Waals surface area contributed by atoms with Crippen LogP contribution < -0.4 is 4.90 Å². The molecule has 0 atom stereocenters. The summed E-state index contributed by atoms with van der Waals surface area (Å²) >= 11 is 7.80. The molecule has 94 valence electrons. The summed E-state index contributed by atoms with van der Waals surface area (Å²) in [6, 6.07) is 8.12. The average molecular weight is 393 g/mol. The zero-order valence-corrected chi connectivity index (χ0v) is 13.3. The molecular formula is C12H8Br2FNOS. The van der Waals surface area contributed by atoms with Crippen LogP contribution in [-0.2, 0) is 0 Å². The molecule has 0 N–H and O–H groups in total. The van der Waals surface area contributed by atoms with Crippen molar-refractivity contribution in [1.29, 1.82) is 0 Å². The molecule has 0 saturated heterocycles. The van der Waals surface area contributed by atoms with E-state index >= 15 is 0 Å². The molecule has 0 spiro atoms. The molecule has 1 aromatic carbocycles. The second-order valence-electron chi connectivity index (χ2n) is 3.56. The molecule has 6 heteroatoms. The maximum Gasteiger partial charge on any atom is 0.268 e. The SMILES string of the molecule is CN(C(=O)c1ccc(Br)s1)c1ccc(Br)cc1F. The van der Waals surface area contributed by atoms with Crippen LogP contribution in [-0.4, -0.2) is 13.0 Å². The Labute approximate surface area is 125 Å². The average Bonchev–Trinajstić information content (AvgIpc) is 2.74. The van der Waals surface area contributed by atoms with E-state index in [1.54, 1.807) is 31.3 Å². The Morgan fingerprint density at radius 2 is 2.00 bits per heavy atom. The van der Waals surface area contributed by atoms with E-state index in [1.807, 2.05) is 0 Å². The third kappa shape index (κ3) is 2.81. The van der Waals surface area contributed by atoms with Crippen molar-refractivity contribution in [2.24, 2.45) is 0 Å². The van der Waals surface area contributed by atoms with Crippen LogP contribution in [0.3, 0.4) is 0 Å². The number of carbonyl (C=O) groups is 1. The van der Waals surface area contributed by atoms with Gasteiger partial charge in [-0.05, 0) is 46.3 Å². The van der Waals surface area contributed by atoms with Crippen LogP contribution in [0.5, 0.6) is 0 Å². The first-order valence-corrected chi connectivity index (χ1v) is 7.37. The first-order valence-electron chi connectivity index (χ1n) is 4.97. The molecule has 1 aromatic heterocycles. The van der Waals surface area contributed by atoms with Crippen molar-refractivity contribution in [1.82, 2.24) is 0 Å². The van der Waals surface area contributed by atoms with Gasteiger partial charge in [0.1, 0.15) is 5.82 Å². The molecule has 0 saturated carbocycles. The van der Waals surface area contributed by atoms with E-state index in [-0.39, 0.29) is 11.6 Å². The molecule has 0 radical (unpaired) electrons. The summed E-state index contributed by atoms with van der Waals surface area (Å²) in [6.45, 7) is 0. The normalized spacial score (nSPS) is 10.4. The van der Waals surface area contributed by atoms with Crippen molar-refractivity contribution in [2.45, 2.75) is 0 Å². The molecule has 0 unspecified atom stereocenters. The molecule has 2 aromatic rings. The van der Waals surface area contributed by atoms with E-state index in [4.69, 9.17) is 0 Å². The van der Waals surface area contributed by atoms with Crippen molar-refractivity contribution in [3.8, 4) is 0 Å². The Balaban J connectivity index is 2.31. The Morgan fingerprint density at radius 3 is 2.56 bits per heavy atom. The summed E-state index contributed by atoms with van der Waals surface area (Å²) in [7, 11) is 1.56. The van der Waals surface area contributed by atoms with Gasteiger partial charge in [0, 0.05) is 11.5 Å². The number of hydrogen-bond donors (Lipinski definition) is 0. The van der Waals surface area contributed by atoms with Crippen LogP contribution in [0.25, 0.3) is 0 Å². The van der Waals surface area contributed by atoms with Gasteiger partial charge in [0.15, 0.2) is 0 Å². The largest absolute Gasteiger partial charge is 0.308 e. The Kier molecular flexibility index (Phi) is 4.19. The van der Waals surface area contributed by atoms with Gasteiger partial charge < -0.3 is 4.90 Å². The Hall–Kier alpha value is -0.720. The maximum absolute atomic E-state index is 13.8. The van der Waals surface area contributed by atoms with Crippen molar-refractivity contribution in [2.75, 3.05) is 11.9 Å². The fourth-order valence-corrected chi connectivity index (χ4v) is 3.15. The van der Waals surface area contributed by atoms with Crippen LogP contribution in [0.1, 0.15) is 9.67 Å². The minimum Gasteiger partial charge on any atom is -0.308 e. The second-order valence-corrected chi connectivity index (χ2v) is 6.94. The first-order chi connectivity index (χ1) is 8.49. The summed E-state index contributed by atoms with van der Waals surface area (Å²) in [5, 5.41) is 0. The molecule has 0 aliphatic heterocycles. The number of anilines is 1. The van der Waals surface area contributed by atoms with Gasteiger partial charge in [0.05, 0.1) is 14.4 Å². The fraction of sp³-hybridized carbons (Fsp3) is 0.0833. The van der Waals surface area contributed by atoms with Crippen molar-refractivity contribution in [3.05, 3.63) is 49.3 Å². The molecular weight excluding hydrogens is 385 g/mol. The highest BCUT2D eigenvalue weighted by atomic mass is 79.9. The number of thiophene rings is 1. The number of rotatable bonds is 2. The standard InChI is InChI=1S/C12H8Br2FNOS/c1-16(9-3-2-7(13)6-8(9)15)12(17)10-4-5-11(14)18-10/h2-6H,1H3. The summed E-state index contributed by atoms with van der Waals surface area (Å²) in [5.74, 6) is -0.664. The molecule has 18 heavy (non-hydrogen) atoms. The van der Waals surface area contributed by atoms with Gasteiger partial charge in [-0.1, -0.05) is 15.9 Å². The number of benzene rings is 1. The van der Waals surface area contributed by atoms with E-state index in [9.17, 15) is 9.18 Å². The summed E-state index contributed by atoms with van der Waals surface area (Å²) in [5.41, 5.74) is 0.257. The highest BCUT2D eigenvalue weighted by molar-refractivity contribution is 9.11. The minimum atomic E-state index is -0.434. The molecule has 1 amide bonds. The predicted octanol–water partition coefficient (Wildman–Crippen LogP) is 4.69.